The van der Waals surface area contributed by atoms with Crippen LogP contribution in [0, 0.1) is 0 Å². The van der Waals surface area contributed by atoms with E-state index in [2.05, 4.69) is 20.3 Å². The van der Waals surface area contributed by atoms with Crippen LogP contribution in [0.25, 0.3) is 0 Å². The summed E-state index contributed by atoms with van der Waals surface area (Å²) in [6, 6.07) is -2.79. The number of carboxylic acids is 1. The van der Waals surface area contributed by atoms with Gasteiger partial charge in [0.15, 0.2) is 26.7 Å². The van der Waals surface area contributed by atoms with E-state index in [-0.39, 0.29) is 57.4 Å². The number of nitrogens with two attached hydrogens (primary N) is 1. The van der Waals surface area contributed by atoms with Crippen LogP contribution < -0.4 is 45.7 Å². The molecule has 17 heteroatoms. The maximum atomic E-state index is 12.7. The van der Waals surface area contributed by atoms with Crippen LogP contribution in [-0.4, -0.2) is 77.8 Å². The molecule has 12 nitrogen and oxygen atoms in total. The molecule has 0 saturated carbocycles. The van der Waals surface area contributed by atoms with Gasteiger partial charge in [-0.15, -0.1) is 23.1 Å². The molecule has 1 saturated heterocycles. The van der Waals surface area contributed by atoms with Crippen LogP contribution in [0.1, 0.15) is 5.69 Å². The van der Waals surface area contributed by atoms with E-state index in [9.17, 15) is 32.3 Å². The van der Waals surface area contributed by atoms with Crippen LogP contribution in [0.15, 0.2) is 21.8 Å². The smallest absolute Gasteiger partial charge is 0.543 e. The Morgan fingerprint density at radius 3 is 2.72 bits per heavy atom. The molecule has 3 heterocycles. The van der Waals surface area contributed by atoms with Gasteiger partial charge in [-0.3, -0.25) is 14.5 Å². The second-order valence-corrected chi connectivity index (χ2v) is 10.3. The van der Waals surface area contributed by atoms with E-state index in [1.165, 1.54) is 12.5 Å². The van der Waals surface area contributed by atoms with Crippen LogP contribution in [0.2, 0.25) is 0 Å². The molecule has 1 aromatic heterocycles. The van der Waals surface area contributed by atoms with Crippen molar-refractivity contribution >= 4 is 61.6 Å². The van der Waals surface area contributed by atoms with E-state index in [1.54, 1.807) is 0 Å². The summed E-state index contributed by atoms with van der Waals surface area (Å²) in [5.74, 6) is -4.34. The molecule has 0 bridgehead atoms. The fourth-order valence-corrected chi connectivity index (χ4v) is 5.86. The van der Waals surface area contributed by atoms with E-state index in [4.69, 9.17) is 5.73 Å². The first-order valence-corrected chi connectivity index (χ1v) is 12.1. The number of nitrogen functional groups attached to an aromatic ring is 1. The molecule has 1 unspecified atom stereocenters. The van der Waals surface area contributed by atoms with Gasteiger partial charge < -0.3 is 25.8 Å². The van der Waals surface area contributed by atoms with Gasteiger partial charge in [0, 0.05) is 11.1 Å². The molecular weight excluding hydrogens is 500 g/mol. The molecule has 168 valence electrons. The summed E-state index contributed by atoms with van der Waals surface area (Å²) in [6.45, 7) is 0. The number of aliphatic carboxylic acids is 1. The zero-order valence-corrected chi connectivity index (χ0v) is 21.2. The topological polar surface area (TPSA) is 184 Å². The van der Waals surface area contributed by atoms with Crippen LogP contribution in [0.4, 0.5) is 9.52 Å². The summed E-state index contributed by atoms with van der Waals surface area (Å²) in [7, 11) is -2.97. The average molecular weight is 516 g/mol. The van der Waals surface area contributed by atoms with E-state index in [0.717, 1.165) is 28.0 Å². The van der Waals surface area contributed by atoms with Crippen LogP contribution in [0.5, 0.6) is 0 Å². The van der Waals surface area contributed by atoms with Crippen molar-refractivity contribution in [3.8, 4) is 0 Å². The number of nitrogens with one attached hydrogen (secondary N) is 1. The maximum Gasteiger partial charge on any atom is 1.00 e. The Bertz CT molecular complexity index is 1110. The molecule has 3 N–H and O–H groups in total. The molecule has 2 atom stereocenters. The summed E-state index contributed by atoms with van der Waals surface area (Å²) in [5, 5.41) is 18.4. The monoisotopic (exact) mass is 515 g/mol. The van der Waals surface area contributed by atoms with Gasteiger partial charge in [0.25, 0.3) is 11.8 Å². The maximum absolute atomic E-state index is 12.7. The summed E-state index contributed by atoms with van der Waals surface area (Å²) in [5.41, 5.74) is 4.65. The number of nitrogens with zero attached hydrogens (tertiary/aromatic N) is 3. The number of thiazole rings is 1. The molecule has 1 aromatic rings. The molecule has 0 radical (unpaired) electrons. The number of oxime groups is 1. The third kappa shape index (κ3) is 5.26. The quantitative estimate of drug-likeness (QED) is 0.147. The fraction of sp³-hybridized carbons (Fsp3) is 0.400. The Balaban J connectivity index is 0.00000363. The van der Waals surface area contributed by atoms with Crippen LogP contribution in [0.3, 0.4) is 0 Å². The third-order valence-electron chi connectivity index (χ3n) is 4.25. The zero-order chi connectivity index (χ0) is 22.9. The number of hydrogen-bond acceptors (Lipinski definition) is 12. The van der Waals surface area contributed by atoms with Gasteiger partial charge in [-0.25, -0.2) is 17.8 Å². The van der Waals surface area contributed by atoms with Crippen molar-refractivity contribution in [1.29, 1.82) is 0 Å². The predicted octanol–water partition coefficient (Wildman–Crippen LogP) is -5.17. The van der Waals surface area contributed by atoms with Gasteiger partial charge in [-0.05, 0) is 5.57 Å². The first-order chi connectivity index (χ1) is 14.6. The van der Waals surface area contributed by atoms with E-state index >= 15 is 0 Å². The molecule has 2 amide bonds. The molecule has 0 aromatic carbocycles. The second kappa shape index (κ2) is 10.5. The average Bonchev–Trinajstić information content (AvgIpc) is 3.15. The molecule has 3 rings (SSSR count). The minimum Gasteiger partial charge on any atom is -0.543 e. The summed E-state index contributed by atoms with van der Waals surface area (Å²) >= 11 is 2.08. The Morgan fingerprint density at radius 2 is 2.19 bits per heavy atom. The normalized spacial score (nSPS) is 20.8. The molecule has 0 aliphatic carbocycles. The predicted molar refractivity (Wildman–Crippen MR) is 107 cm³/mol. The first-order valence-electron chi connectivity index (χ1n) is 8.37. The molecule has 1 fully saturated rings. The SMILES string of the molecule is CO/N=C(\C(=O)NC1C(=O)N2C(C(=O)[O-])=C(CS(=O)(=O)CF)CS[C@H]12)c1csc(N)n1.[Na+]. The number of thioether (sulfide) groups is 1. The number of carboxylic acid groups (broad SMARTS) is 1. The first kappa shape index (κ1) is 26.5. The number of sulfone groups is 1. The van der Waals surface area contributed by atoms with Crippen molar-refractivity contribution in [2.45, 2.75) is 11.4 Å². The number of carbonyl (C=O) groups is 3. The molecule has 2 aliphatic rings. The van der Waals surface area contributed by atoms with Gasteiger partial charge in [0.05, 0.1) is 17.4 Å². The number of alkyl halides is 1. The molecule has 32 heavy (non-hydrogen) atoms. The van der Waals surface area contributed by atoms with Gasteiger partial charge in [0.1, 0.15) is 24.2 Å². The molecule has 2 aliphatic heterocycles. The zero-order valence-electron chi connectivity index (χ0n) is 16.7. The minimum atomic E-state index is -4.18. The summed E-state index contributed by atoms with van der Waals surface area (Å²) < 4.78 is 35.8. The van der Waals surface area contributed by atoms with E-state index < -0.39 is 56.5 Å². The number of amides is 2. The number of hydrogen-bond donors (Lipinski definition) is 2. The van der Waals surface area contributed by atoms with E-state index in [0.29, 0.717) is 0 Å². The number of β-lactam (4-membered cyclic amide) rings is 1. The van der Waals surface area contributed by atoms with Crippen molar-refractivity contribution in [1.82, 2.24) is 15.2 Å². The second-order valence-electron chi connectivity index (χ2n) is 6.29. The van der Waals surface area contributed by atoms with Gasteiger partial charge >= 0.3 is 29.6 Å². The van der Waals surface area contributed by atoms with Crippen molar-refractivity contribution < 1.29 is 66.7 Å². The number of anilines is 1. The van der Waals surface area contributed by atoms with Gasteiger partial charge in [-0.1, -0.05) is 5.16 Å². The summed E-state index contributed by atoms with van der Waals surface area (Å²) in [6.07, 6.45) is 0. The van der Waals surface area contributed by atoms with E-state index in [1.807, 2.05) is 0 Å². The van der Waals surface area contributed by atoms with Gasteiger partial charge in [-0.2, -0.15) is 0 Å². The number of fused-ring (bicyclic) bond motifs is 1. The minimum absolute atomic E-state index is 0. The molecular formula is C15H15FN5NaO7S3. The molecule has 0 spiro atoms. The van der Waals surface area contributed by atoms with Crippen molar-refractivity contribution in [3.63, 3.8) is 0 Å². The summed E-state index contributed by atoms with van der Waals surface area (Å²) in [4.78, 5) is 46.2. The van der Waals surface area contributed by atoms with Crippen molar-refractivity contribution in [2.24, 2.45) is 5.16 Å². The fourth-order valence-electron chi connectivity index (χ4n) is 2.99. The largest absolute Gasteiger partial charge is 1.00 e. The Morgan fingerprint density at radius 1 is 1.50 bits per heavy atom. The Hall–Kier alpha value is -1.72. The third-order valence-corrected chi connectivity index (χ3v) is 7.38. The Kier molecular flexibility index (Phi) is 8.69. The number of aromatic nitrogens is 1. The standard InChI is InChI=1S/C15H16FN5O7S3.Na/c1-28-20-8(7-3-30-15(17)18-7)11(22)19-9-12(23)21-10(14(24)25)6(2-29-13(9)21)4-31(26,27)5-16;/h3,9,13H,2,4-5H2,1H3,(H2,17,18)(H,19,22)(H,24,25);/q;+1/p-1/b20-8-;/t9?,13-;/m1./s1. The van der Waals surface area contributed by atoms with Crippen LogP contribution in [-0.2, 0) is 29.1 Å². The van der Waals surface area contributed by atoms with Gasteiger partial charge in [0.2, 0.25) is 0 Å². The number of carbonyl (C=O) groups excluding carboxylic acids is 3. The van der Waals surface area contributed by atoms with Crippen molar-refractivity contribution in [3.05, 3.63) is 22.3 Å². The van der Waals surface area contributed by atoms with Crippen LogP contribution >= 0.6 is 23.1 Å². The number of halogens is 1. The number of rotatable bonds is 8. The van der Waals surface area contributed by atoms with Crippen molar-refractivity contribution in [2.75, 3.05) is 30.4 Å². The Labute approximate surface area is 211 Å².